The Bertz CT molecular complexity index is 428. The second-order valence-corrected chi connectivity index (χ2v) is 4.84. The van der Waals surface area contributed by atoms with Crippen molar-refractivity contribution < 1.29 is 9.90 Å². The molecule has 2 rings (SSSR count). The van der Waals surface area contributed by atoms with Gasteiger partial charge in [-0.2, -0.15) is 0 Å². The lowest BCUT2D eigenvalue weighted by molar-refractivity contribution is -0.140. The summed E-state index contributed by atoms with van der Waals surface area (Å²) in [4.78, 5) is 11.5. The summed E-state index contributed by atoms with van der Waals surface area (Å²) in [6.07, 6.45) is 1.98. The van der Waals surface area contributed by atoms with Gasteiger partial charge < -0.3 is 10.4 Å². The lowest BCUT2D eigenvalue weighted by atomic mass is 9.79. The van der Waals surface area contributed by atoms with Crippen LogP contribution in [0.3, 0.4) is 0 Å². The third-order valence-corrected chi connectivity index (χ3v) is 3.49. The van der Waals surface area contributed by atoms with Crippen molar-refractivity contribution in [3.63, 3.8) is 0 Å². The van der Waals surface area contributed by atoms with Crippen LogP contribution < -0.4 is 5.32 Å². The van der Waals surface area contributed by atoms with E-state index in [1.807, 2.05) is 25.1 Å². The van der Waals surface area contributed by atoms with Gasteiger partial charge in [0, 0.05) is 12.2 Å². The molecule has 0 saturated carbocycles. The van der Waals surface area contributed by atoms with Gasteiger partial charge >= 0.3 is 5.97 Å². The van der Waals surface area contributed by atoms with E-state index in [0.29, 0.717) is 0 Å². The summed E-state index contributed by atoms with van der Waals surface area (Å²) in [6.45, 7) is 4.87. The molecule has 1 aliphatic heterocycles. The molecule has 3 nitrogen and oxygen atoms in total. The molecule has 1 aromatic rings. The molecule has 2 unspecified atom stereocenters. The van der Waals surface area contributed by atoms with Gasteiger partial charge in [0.05, 0.1) is 5.92 Å². The number of hydrogen-bond donors (Lipinski definition) is 2. The lowest BCUT2D eigenvalue weighted by Gasteiger charge is -2.32. The predicted molar refractivity (Wildman–Crippen MR) is 68.4 cm³/mol. The third-order valence-electron chi connectivity index (χ3n) is 3.49. The van der Waals surface area contributed by atoms with E-state index in [2.05, 4.69) is 12.2 Å². The first-order valence-corrected chi connectivity index (χ1v) is 6.20. The van der Waals surface area contributed by atoms with Crippen molar-refractivity contribution >= 4 is 11.7 Å². The average molecular weight is 233 g/mol. The molecule has 92 valence electrons. The molecule has 2 N–H and O–H groups in total. The van der Waals surface area contributed by atoms with Crippen LogP contribution in [0.4, 0.5) is 5.69 Å². The van der Waals surface area contributed by atoms with Gasteiger partial charge in [-0.25, -0.2) is 0 Å². The van der Waals surface area contributed by atoms with Crippen molar-refractivity contribution in [3.05, 3.63) is 29.3 Å². The van der Waals surface area contributed by atoms with E-state index in [-0.39, 0.29) is 11.8 Å². The summed E-state index contributed by atoms with van der Waals surface area (Å²) < 4.78 is 0. The van der Waals surface area contributed by atoms with Crippen LogP contribution in [0.5, 0.6) is 0 Å². The minimum atomic E-state index is -0.697. The normalized spacial score (nSPS) is 22.7. The standard InChI is InChI=1S/C14H19NO2/c1-3-4-10-8-15-12-6-5-9(2)7-11(12)13(10)14(16)17/h5-7,10,13,15H,3-4,8H2,1-2H3,(H,16,17). The number of carbonyl (C=O) groups is 1. The Balaban J connectivity index is 2.40. The number of hydrogen-bond acceptors (Lipinski definition) is 2. The van der Waals surface area contributed by atoms with Gasteiger partial charge in [-0.15, -0.1) is 0 Å². The highest BCUT2D eigenvalue weighted by Crippen LogP contribution is 2.38. The Morgan fingerprint density at radius 1 is 1.53 bits per heavy atom. The molecular formula is C14H19NO2. The molecule has 0 aromatic heterocycles. The molecule has 2 atom stereocenters. The Morgan fingerprint density at radius 2 is 2.29 bits per heavy atom. The number of aliphatic carboxylic acids is 1. The predicted octanol–water partition coefficient (Wildman–Crippen LogP) is 3.01. The van der Waals surface area contributed by atoms with Crippen molar-refractivity contribution in [2.24, 2.45) is 5.92 Å². The second-order valence-electron chi connectivity index (χ2n) is 4.84. The highest BCUT2D eigenvalue weighted by Gasteiger charge is 2.34. The minimum Gasteiger partial charge on any atom is -0.481 e. The molecule has 1 heterocycles. The summed E-state index contributed by atoms with van der Waals surface area (Å²) in [6, 6.07) is 6.01. The Kier molecular flexibility index (Phi) is 3.36. The van der Waals surface area contributed by atoms with Crippen LogP contribution in [0.2, 0.25) is 0 Å². The maximum absolute atomic E-state index is 11.5. The third kappa shape index (κ3) is 2.28. The Morgan fingerprint density at radius 3 is 2.94 bits per heavy atom. The summed E-state index contributed by atoms with van der Waals surface area (Å²) >= 11 is 0. The molecule has 0 saturated heterocycles. The molecule has 0 bridgehead atoms. The van der Waals surface area contributed by atoms with Crippen LogP contribution in [0.25, 0.3) is 0 Å². The van der Waals surface area contributed by atoms with E-state index in [9.17, 15) is 9.90 Å². The molecule has 0 spiro atoms. The van der Waals surface area contributed by atoms with E-state index in [0.717, 1.165) is 36.2 Å². The quantitative estimate of drug-likeness (QED) is 0.843. The van der Waals surface area contributed by atoms with E-state index in [1.54, 1.807) is 0 Å². The van der Waals surface area contributed by atoms with Crippen LogP contribution in [0.1, 0.15) is 36.8 Å². The zero-order chi connectivity index (χ0) is 12.4. The molecule has 0 fully saturated rings. The van der Waals surface area contributed by atoms with Crippen molar-refractivity contribution in [1.29, 1.82) is 0 Å². The lowest BCUT2D eigenvalue weighted by Crippen LogP contribution is -2.32. The van der Waals surface area contributed by atoms with Gasteiger partial charge in [-0.05, 0) is 30.9 Å². The highest BCUT2D eigenvalue weighted by atomic mass is 16.4. The van der Waals surface area contributed by atoms with Crippen LogP contribution in [-0.2, 0) is 4.79 Å². The Hall–Kier alpha value is -1.51. The average Bonchev–Trinajstić information content (AvgIpc) is 2.28. The molecule has 0 amide bonds. The van der Waals surface area contributed by atoms with Gasteiger partial charge in [-0.3, -0.25) is 4.79 Å². The molecule has 17 heavy (non-hydrogen) atoms. The number of benzene rings is 1. The number of carboxylic acids is 1. The summed E-state index contributed by atoms with van der Waals surface area (Å²) in [7, 11) is 0. The number of nitrogens with one attached hydrogen (secondary N) is 1. The molecule has 1 aliphatic rings. The van der Waals surface area contributed by atoms with Crippen LogP contribution in [-0.4, -0.2) is 17.6 Å². The van der Waals surface area contributed by atoms with Crippen LogP contribution in [0.15, 0.2) is 18.2 Å². The van der Waals surface area contributed by atoms with Crippen molar-refractivity contribution in [2.75, 3.05) is 11.9 Å². The smallest absolute Gasteiger partial charge is 0.311 e. The highest BCUT2D eigenvalue weighted by molar-refractivity contribution is 5.80. The zero-order valence-corrected chi connectivity index (χ0v) is 10.4. The van der Waals surface area contributed by atoms with E-state index in [1.165, 1.54) is 0 Å². The number of aryl methyl sites for hydroxylation is 1. The molecule has 3 heteroatoms. The molecular weight excluding hydrogens is 214 g/mol. The van der Waals surface area contributed by atoms with Crippen molar-refractivity contribution in [2.45, 2.75) is 32.6 Å². The van der Waals surface area contributed by atoms with Crippen LogP contribution in [0, 0.1) is 12.8 Å². The summed E-state index contributed by atoms with van der Waals surface area (Å²) in [5.41, 5.74) is 3.05. The second kappa shape index (κ2) is 4.78. The van der Waals surface area contributed by atoms with Gasteiger partial charge in [0.15, 0.2) is 0 Å². The largest absolute Gasteiger partial charge is 0.481 e. The molecule has 1 aromatic carbocycles. The number of carboxylic acid groups (broad SMARTS) is 1. The van der Waals surface area contributed by atoms with Gasteiger partial charge in [0.2, 0.25) is 0 Å². The number of fused-ring (bicyclic) bond motifs is 1. The van der Waals surface area contributed by atoms with E-state index in [4.69, 9.17) is 0 Å². The first-order valence-electron chi connectivity index (χ1n) is 6.20. The minimum absolute atomic E-state index is 0.201. The maximum Gasteiger partial charge on any atom is 0.311 e. The number of rotatable bonds is 3. The molecule has 0 radical (unpaired) electrons. The van der Waals surface area contributed by atoms with Gasteiger partial charge in [0.25, 0.3) is 0 Å². The maximum atomic E-state index is 11.5. The fraction of sp³-hybridized carbons (Fsp3) is 0.500. The first kappa shape index (κ1) is 12.0. The number of anilines is 1. The van der Waals surface area contributed by atoms with E-state index < -0.39 is 5.97 Å². The monoisotopic (exact) mass is 233 g/mol. The summed E-state index contributed by atoms with van der Waals surface area (Å²) in [5.74, 6) is -0.852. The SMILES string of the molecule is CCCC1CNc2ccc(C)cc2C1C(=O)O. The summed E-state index contributed by atoms with van der Waals surface area (Å²) in [5, 5.41) is 12.8. The topological polar surface area (TPSA) is 49.3 Å². The van der Waals surface area contributed by atoms with Crippen molar-refractivity contribution in [1.82, 2.24) is 0 Å². The zero-order valence-electron chi connectivity index (χ0n) is 10.4. The first-order chi connectivity index (χ1) is 8.13. The molecule has 0 aliphatic carbocycles. The Labute approximate surface area is 102 Å². The van der Waals surface area contributed by atoms with E-state index >= 15 is 0 Å². The van der Waals surface area contributed by atoms with Gasteiger partial charge in [0.1, 0.15) is 0 Å². The fourth-order valence-corrected chi connectivity index (χ4v) is 2.69. The fourth-order valence-electron chi connectivity index (χ4n) is 2.69. The van der Waals surface area contributed by atoms with Gasteiger partial charge in [-0.1, -0.05) is 31.0 Å². The van der Waals surface area contributed by atoms with Crippen LogP contribution >= 0.6 is 0 Å². The van der Waals surface area contributed by atoms with Crippen molar-refractivity contribution in [3.8, 4) is 0 Å².